The van der Waals surface area contributed by atoms with E-state index < -0.39 is 48.9 Å². The Hall–Kier alpha value is -2.34. The SMILES string of the molecule is CCCC(F)(F)C[C@H](NC(=O)N1CCOCC1)C(=O)N[C@@H](CC)[C@H](O)c1nnc(C2CC2)o1. The van der Waals surface area contributed by atoms with E-state index >= 15 is 0 Å². The molecule has 1 saturated heterocycles. The molecule has 3 N–H and O–H groups in total. The number of aliphatic hydroxyl groups is 1. The van der Waals surface area contributed by atoms with Crippen LogP contribution in [0.25, 0.3) is 0 Å². The van der Waals surface area contributed by atoms with Crippen LogP contribution in [0, 0.1) is 0 Å². The maximum Gasteiger partial charge on any atom is 0.318 e. The molecule has 0 unspecified atom stereocenters. The van der Waals surface area contributed by atoms with Gasteiger partial charge in [0, 0.05) is 31.8 Å². The van der Waals surface area contributed by atoms with Crippen LogP contribution >= 0.6 is 0 Å². The fourth-order valence-electron chi connectivity index (χ4n) is 3.70. The van der Waals surface area contributed by atoms with E-state index in [1.54, 1.807) is 13.8 Å². The zero-order valence-corrected chi connectivity index (χ0v) is 19.1. The minimum absolute atomic E-state index is 0.0331. The maximum atomic E-state index is 14.4. The van der Waals surface area contributed by atoms with Crippen molar-refractivity contribution in [2.24, 2.45) is 0 Å². The first-order chi connectivity index (χ1) is 15.7. The third kappa shape index (κ3) is 7.07. The summed E-state index contributed by atoms with van der Waals surface area (Å²) in [6, 6.07) is -2.94. The number of aliphatic hydroxyl groups excluding tert-OH is 1. The van der Waals surface area contributed by atoms with Gasteiger partial charge in [-0.25, -0.2) is 13.6 Å². The van der Waals surface area contributed by atoms with Crippen molar-refractivity contribution in [2.45, 2.75) is 82.4 Å². The number of aromatic nitrogens is 2. The molecule has 3 rings (SSSR count). The minimum atomic E-state index is -3.14. The van der Waals surface area contributed by atoms with E-state index in [9.17, 15) is 23.5 Å². The smallest absolute Gasteiger partial charge is 0.318 e. The molecular weight excluding hydrogens is 440 g/mol. The first-order valence-electron chi connectivity index (χ1n) is 11.6. The zero-order valence-electron chi connectivity index (χ0n) is 19.1. The minimum Gasteiger partial charge on any atom is -0.422 e. The van der Waals surface area contributed by atoms with Crippen LogP contribution in [0.5, 0.6) is 0 Å². The van der Waals surface area contributed by atoms with Crippen LogP contribution in [0.15, 0.2) is 4.42 Å². The van der Waals surface area contributed by atoms with Crippen LogP contribution in [0.4, 0.5) is 13.6 Å². The van der Waals surface area contributed by atoms with Gasteiger partial charge in [-0.05, 0) is 19.3 Å². The first kappa shape index (κ1) is 25.3. The molecule has 1 aliphatic carbocycles. The molecule has 1 saturated carbocycles. The number of urea groups is 1. The second-order valence-corrected chi connectivity index (χ2v) is 8.63. The van der Waals surface area contributed by atoms with Gasteiger partial charge in [-0.1, -0.05) is 20.3 Å². The van der Waals surface area contributed by atoms with E-state index in [-0.39, 0.29) is 24.7 Å². The van der Waals surface area contributed by atoms with Gasteiger partial charge in [-0.2, -0.15) is 0 Å². The molecule has 33 heavy (non-hydrogen) atoms. The summed E-state index contributed by atoms with van der Waals surface area (Å²) < 4.78 is 39.5. The highest BCUT2D eigenvalue weighted by atomic mass is 19.3. The number of ether oxygens (including phenoxy) is 1. The summed E-state index contributed by atoms with van der Waals surface area (Å²) in [5.41, 5.74) is 0. The summed E-state index contributed by atoms with van der Waals surface area (Å²) in [5, 5.41) is 23.5. The lowest BCUT2D eigenvalue weighted by Crippen LogP contribution is -2.56. The van der Waals surface area contributed by atoms with Crippen LogP contribution in [-0.4, -0.2) is 76.5 Å². The van der Waals surface area contributed by atoms with Gasteiger partial charge in [0.1, 0.15) is 6.04 Å². The van der Waals surface area contributed by atoms with E-state index in [2.05, 4.69) is 20.8 Å². The quantitative estimate of drug-likeness (QED) is 0.449. The monoisotopic (exact) mass is 473 g/mol. The Morgan fingerprint density at radius 3 is 2.52 bits per heavy atom. The number of alkyl halides is 2. The molecule has 2 fully saturated rings. The van der Waals surface area contributed by atoms with Crippen molar-refractivity contribution < 1.29 is 32.6 Å². The molecular formula is C21H33F2N5O5. The summed E-state index contributed by atoms with van der Waals surface area (Å²) in [5.74, 6) is -3.33. The molecule has 1 aromatic rings. The number of amides is 3. The van der Waals surface area contributed by atoms with Crippen molar-refractivity contribution in [1.29, 1.82) is 0 Å². The standard InChI is InChI=1S/C21H33F2N5O5/c1-3-7-21(22,23)12-15(25-20(31)28-8-10-32-11-9-28)17(30)24-14(4-2)16(29)19-27-26-18(33-19)13-5-6-13/h13-16,29H,3-12H2,1-2H3,(H,24,30)(H,25,31)/t14-,15-,16-/m0/s1. The van der Waals surface area contributed by atoms with Crippen LogP contribution in [0.1, 0.15) is 76.2 Å². The Morgan fingerprint density at radius 1 is 1.21 bits per heavy atom. The number of hydrogen-bond acceptors (Lipinski definition) is 7. The van der Waals surface area contributed by atoms with Crippen LogP contribution < -0.4 is 10.6 Å². The van der Waals surface area contributed by atoms with Crippen molar-refractivity contribution in [3.8, 4) is 0 Å². The van der Waals surface area contributed by atoms with Gasteiger partial charge < -0.3 is 29.8 Å². The molecule has 0 aromatic carbocycles. The number of nitrogens with one attached hydrogen (secondary N) is 2. The molecule has 10 nitrogen and oxygen atoms in total. The van der Waals surface area contributed by atoms with Crippen molar-refractivity contribution in [3.05, 3.63) is 11.8 Å². The Kier molecular flexibility index (Phi) is 8.57. The summed E-state index contributed by atoms with van der Waals surface area (Å²) >= 11 is 0. The number of nitrogens with zero attached hydrogens (tertiary/aromatic N) is 3. The van der Waals surface area contributed by atoms with E-state index in [0.29, 0.717) is 32.2 Å². The Morgan fingerprint density at radius 2 is 1.91 bits per heavy atom. The lowest BCUT2D eigenvalue weighted by molar-refractivity contribution is -0.127. The topological polar surface area (TPSA) is 130 Å². The first-order valence-corrected chi connectivity index (χ1v) is 11.6. The van der Waals surface area contributed by atoms with E-state index in [1.165, 1.54) is 4.90 Å². The largest absolute Gasteiger partial charge is 0.422 e. The predicted octanol–water partition coefficient (Wildman–Crippen LogP) is 2.11. The molecule has 1 aliphatic heterocycles. The third-order valence-corrected chi connectivity index (χ3v) is 5.82. The van der Waals surface area contributed by atoms with E-state index in [1.807, 2.05) is 0 Å². The highest BCUT2D eigenvalue weighted by Crippen LogP contribution is 2.39. The Balaban J connectivity index is 1.68. The van der Waals surface area contributed by atoms with Gasteiger partial charge in [0.2, 0.25) is 17.7 Å². The molecule has 0 radical (unpaired) electrons. The van der Waals surface area contributed by atoms with Gasteiger partial charge in [0.15, 0.2) is 6.10 Å². The normalized spacial score (nSPS) is 19.6. The van der Waals surface area contributed by atoms with Gasteiger partial charge in [0.25, 0.3) is 5.92 Å². The zero-order chi connectivity index (χ0) is 24.0. The second kappa shape index (κ2) is 11.2. The highest BCUT2D eigenvalue weighted by Gasteiger charge is 2.38. The summed E-state index contributed by atoms with van der Waals surface area (Å²) in [6.07, 6.45) is -0.146. The van der Waals surface area contributed by atoms with Gasteiger partial charge >= 0.3 is 6.03 Å². The van der Waals surface area contributed by atoms with Gasteiger partial charge in [-0.3, -0.25) is 4.79 Å². The summed E-state index contributed by atoms with van der Waals surface area (Å²) in [4.78, 5) is 27.0. The summed E-state index contributed by atoms with van der Waals surface area (Å²) in [6.45, 7) is 4.64. The maximum absolute atomic E-state index is 14.4. The molecule has 2 heterocycles. The average molecular weight is 474 g/mol. The highest BCUT2D eigenvalue weighted by molar-refractivity contribution is 5.87. The van der Waals surface area contributed by atoms with Gasteiger partial charge in [-0.15, -0.1) is 10.2 Å². The average Bonchev–Trinajstić information content (AvgIpc) is 3.53. The molecule has 0 bridgehead atoms. The van der Waals surface area contributed by atoms with Gasteiger partial charge in [0.05, 0.1) is 19.3 Å². The second-order valence-electron chi connectivity index (χ2n) is 8.63. The lowest BCUT2D eigenvalue weighted by atomic mass is 10.0. The van der Waals surface area contributed by atoms with E-state index in [4.69, 9.17) is 9.15 Å². The number of carbonyl (C=O) groups is 2. The molecule has 2 aliphatic rings. The number of halogens is 2. The Labute approximate surface area is 191 Å². The van der Waals surface area contributed by atoms with E-state index in [0.717, 1.165) is 12.8 Å². The molecule has 3 atom stereocenters. The molecule has 12 heteroatoms. The van der Waals surface area contributed by atoms with Crippen LogP contribution in [0.3, 0.4) is 0 Å². The van der Waals surface area contributed by atoms with Crippen molar-refractivity contribution >= 4 is 11.9 Å². The number of morpholine rings is 1. The molecule has 0 spiro atoms. The number of hydrogen-bond donors (Lipinski definition) is 3. The lowest BCUT2D eigenvalue weighted by Gasteiger charge is -2.31. The fourth-order valence-corrected chi connectivity index (χ4v) is 3.70. The fraction of sp³-hybridized carbons (Fsp3) is 0.810. The third-order valence-electron chi connectivity index (χ3n) is 5.82. The summed E-state index contributed by atoms with van der Waals surface area (Å²) in [7, 11) is 0. The van der Waals surface area contributed by atoms with Crippen LogP contribution in [-0.2, 0) is 9.53 Å². The number of carbonyl (C=O) groups excluding carboxylic acids is 2. The van der Waals surface area contributed by atoms with Crippen LogP contribution in [0.2, 0.25) is 0 Å². The predicted molar refractivity (Wildman–Crippen MR) is 113 cm³/mol. The molecule has 1 aromatic heterocycles. The number of rotatable bonds is 11. The molecule has 3 amide bonds. The van der Waals surface area contributed by atoms with Crippen molar-refractivity contribution in [1.82, 2.24) is 25.7 Å². The van der Waals surface area contributed by atoms with Crippen molar-refractivity contribution in [2.75, 3.05) is 26.3 Å². The van der Waals surface area contributed by atoms with Crippen molar-refractivity contribution in [3.63, 3.8) is 0 Å². The Bertz CT molecular complexity index is 798. The molecule has 186 valence electrons.